The molecule has 0 saturated heterocycles. The van der Waals surface area contributed by atoms with E-state index in [4.69, 9.17) is 10.5 Å². The summed E-state index contributed by atoms with van der Waals surface area (Å²) in [5, 5.41) is 4.12. The fourth-order valence-corrected chi connectivity index (χ4v) is 1.63. The molecule has 0 aliphatic heterocycles. The van der Waals surface area contributed by atoms with Crippen molar-refractivity contribution in [2.45, 2.75) is 19.4 Å². The average Bonchev–Trinajstić information content (AvgIpc) is 3.15. The number of nitrogens with two attached hydrogens (primary N) is 1. The van der Waals surface area contributed by atoms with Crippen LogP contribution in [-0.4, -0.2) is 17.9 Å². The SMILES string of the molecule is NC(=S)NN=Cc1ccccc1COCC1CC1. The molecule has 1 aliphatic carbocycles. The van der Waals surface area contributed by atoms with Crippen LogP contribution in [0.3, 0.4) is 0 Å². The maximum Gasteiger partial charge on any atom is 0.184 e. The molecular formula is C13H17N3OS. The van der Waals surface area contributed by atoms with Crippen molar-refractivity contribution in [3.05, 3.63) is 35.4 Å². The smallest absolute Gasteiger partial charge is 0.184 e. The first kappa shape index (κ1) is 13.0. The highest BCUT2D eigenvalue weighted by atomic mass is 32.1. The number of rotatable bonds is 6. The van der Waals surface area contributed by atoms with Gasteiger partial charge in [0.2, 0.25) is 0 Å². The van der Waals surface area contributed by atoms with Crippen LogP contribution in [0, 0.1) is 5.92 Å². The minimum absolute atomic E-state index is 0.161. The summed E-state index contributed by atoms with van der Waals surface area (Å²) < 4.78 is 5.68. The van der Waals surface area contributed by atoms with Crippen molar-refractivity contribution < 1.29 is 4.74 Å². The van der Waals surface area contributed by atoms with Gasteiger partial charge >= 0.3 is 0 Å². The van der Waals surface area contributed by atoms with E-state index in [9.17, 15) is 0 Å². The van der Waals surface area contributed by atoms with Crippen molar-refractivity contribution in [3.63, 3.8) is 0 Å². The molecule has 5 heteroatoms. The third kappa shape index (κ3) is 4.43. The Balaban J connectivity index is 1.90. The lowest BCUT2D eigenvalue weighted by atomic mass is 10.1. The van der Waals surface area contributed by atoms with E-state index in [1.54, 1.807) is 6.21 Å². The van der Waals surface area contributed by atoms with Crippen molar-refractivity contribution in [1.29, 1.82) is 0 Å². The van der Waals surface area contributed by atoms with Gasteiger partial charge in [0.1, 0.15) is 0 Å². The standard InChI is InChI=1S/C13H17N3OS/c14-13(18)16-15-7-11-3-1-2-4-12(11)9-17-8-10-5-6-10/h1-4,7,10H,5-6,8-9H2,(H3,14,16,18). The van der Waals surface area contributed by atoms with E-state index in [1.165, 1.54) is 12.8 Å². The Morgan fingerprint density at radius 2 is 2.28 bits per heavy atom. The first-order valence-electron chi connectivity index (χ1n) is 6.00. The Kier molecular flexibility index (Phi) is 4.66. The Bertz CT molecular complexity index is 444. The van der Waals surface area contributed by atoms with Crippen LogP contribution < -0.4 is 11.2 Å². The van der Waals surface area contributed by atoms with Crippen molar-refractivity contribution in [2.24, 2.45) is 16.8 Å². The van der Waals surface area contributed by atoms with E-state index in [2.05, 4.69) is 22.7 Å². The lowest BCUT2D eigenvalue weighted by Crippen LogP contribution is -2.24. The van der Waals surface area contributed by atoms with Crippen LogP contribution >= 0.6 is 12.2 Å². The zero-order chi connectivity index (χ0) is 12.8. The van der Waals surface area contributed by atoms with Gasteiger partial charge in [-0.25, -0.2) is 0 Å². The lowest BCUT2D eigenvalue weighted by molar-refractivity contribution is 0.111. The van der Waals surface area contributed by atoms with Gasteiger partial charge in [-0.15, -0.1) is 0 Å². The topological polar surface area (TPSA) is 59.6 Å². The summed E-state index contributed by atoms with van der Waals surface area (Å²) in [6.07, 6.45) is 4.32. The second-order valence-corrected chi connectivity index (χ2v) is 4.83. The van der Waals surface area contributed by atoms with Crippen LogP contribution in [0.4, 0.5) is 0 Å². The van der Waals surface area contributed by atoms with Crippen LogP contribution in [0.15, 0.2) is 29.4 Å². The predicted octanol–water partition coefficient (Wildman–Crippen LogP) is 1.78. The second-order valence-electron chi connectivity index (χ2n) is 4.39. The molecule has 3 N–H and O–H groups in total. The van der Waals surface area contributed by atoms with Crippen molar-refractivity contribution in [1.82, 2.24) is 5.43 Å². The molecule has 0 spiro atoms. The summed E-state index contributed by atoms with van der Waals surface area (Å²) in [6, 6.07) is 7.98. The van der Waals surface area contributed by atoms with E-state index < -0.39 is 0 Å². The maximum absolute atomic E-state index is 5.68. The fourth-order valence-electron chi connectivity index (χ4n) is 1.58. The summed E-state index contributed by atoms with van der Waals surface area (Å²) in [5.74, 6) is 0.780. The van der Waals surface area contributed by atoms with Gasteiger partial charge in [0, 0.05) is 12.2 Å². The highest BCUT2D eigenvalue weighted by molar-refractivity contribution is 7.80. The molecule has 1 fully saturated rings. The Morgan fingerprint density at radius 1 is 1.50 bits per heavy atom. The summed E-state index contributed by atoms with van der Waals surface area (Å²) in [7, 11) is 0. The minimum atomic E-state index is 0.161. The molecule has 4 nitrogen and oxygen atoms in total. The van der Waals surface area contributed by atoms with Gasteiger partial charge < -0.3 is 10.5 Å². The molecule has 96 valence electrons. The molecule has 0 heterocycles. The zero-order valence-electron chi connectivity index (χ0n) is 10.1. The van der Waals surface area contributed by atoms with Gasteiger partial charge in [-0.2, -0.15) is 5.10 Å². The van der Waals surface area contributed by atoms with Gasteiger partial charge in [0.15, 0.2) is 5.11 Å². The van der Waals surface area contributed by atoms with Crippen LogP contribution in [-0.2, 0) is 11.3 Å². The molecule has 18 heavy (non-hydrogen) atoms. The Morgan fingerprint density at radius 3 is 3.00 bits per heavy atom. The van der Waals surface area contributed by atoms with Crippen LogP contribution in [0.1, 0.15) is 24.0 Å². The number of thiocarbonyl (C=S) groups is 1. The molecule has 2 rings (SSSR count). The molecular weight excluding hydrogens is 246 g/mol. The first-order chi connectivity index (χ1) is 8.75. The second kappa shape index (κ2) is 6.47. The maximum atomic E-state index is 5.68. The highest BCUT2D eigenvalue weighted by Gasteiger charge is 2.21. The molecule has 0 amide bonds. The number of hydrogen-bond acceptors (Lipinski definition) is 3. The van der Waals surface area contributed by atoms with Crippen molar-refractivity contribution in [2.75, 3.05) is 6.61 Å². The summed E-state index contributed by atoms with van der Waals surface area (Å²) in [4.78, 5) is 0. The third-order valence-electron chi connectivity index (χ3n) is 2.74. The summed E-state index contributed by atoms with van der Waals surface area (Å²) in [6.45, 7) is 1.47. The molecule has 0 radical (unpaired) electrons. The minimum Gasteiger partial charge on any atom is -0.376 e. The van der Waals surface area contributed by atoms with Crippen LogP contribution in [0.5, 0.6) is 0 Å². The van der Waals surface area contributed by atoms with Crippen LogP contribution in [0.2, 0.25) is 0 Å². The zero-order valence-corrected chi connectivity index (χ0v) is 11.0. The molecule has 1 aromatic rings. The normalized spacial score (nSPS) is 14.9. The van der Waals surface area contributed by atoms with Gasteiger partial charge in [-0.05, 0) is 36.5 Å². The number of hydrazone groups is 1. The van der Waals surface area contributed by atoms with Crippen molar-refractivity contribution in [3.8, 4) is 0 Å². The lowest BCUT2D eigenvalue weighted by Gasteiger charge is -2.06. The quantitative estimate of drug-likeness (QED) is 0.466. The van der Waals surface area contributed by atoms with E-state index in [-0.39, 0.29) is 5.11 Å². The molecule has 0 bridgehead atoms. The number of ether oxygens (including phenoxy) is 1. The van der Waals surface area contributed by atoms with Gasteiger partial charge in [-0.1, -0.05) is 24.3 Å². The molecule has 1 aliphatic rings. The number of nitrogens with zero attached hydrogens (tertiary/aromatic N) is 1. The van der Waals surface area contributed by atoms with Crippen molar-refractivity contribution >= 4 is 23.5 Å². The molecule has 0 aromatic heterocycles. The number of hydrogen-bond donors (Lipinski definition) is 2. The van der Waals surface area contributed by atoms with E-state index >= 15 is 0 Å². The number of benzene rings is 1. The van der Waals surface area contributed by atoms with Crippen LogP contribution in [0.25, 0.3) is 0 Å². The highest BCUT2D eigenvalue weighted by Crippen LogP contribution is 2.29. The van der Waals surface area contributed by atoms with Gasteiger partial charge in [0.25, 0.3) is 0 Å². The monoisotopic (exact) mass is 263 g/mol. The summed E-state index contributed by atoms with van der Waals surface area (Å²) >= 11 is 4.68. The van der Waals surface area contributed by atoms with E-state index in [0.717, 1.165) is 23.7 Å². The molecule has 1 aromatic carbocycles. The van der Waals surface area contributed by atoms with Gasteiger partial charge in [-0.3, -0.25) is 5.43 Å². The predicted molar refractivity (Wildman–Crippen MR) is 76.3 cm³/mol. The van der Waals surface area contributed by atoms with E-state index in [1.807, 2.05) is 24.3 Å². The summed E-state index contributed by atoms with van der Waals surface area (Å²) in [5.41, 5.74) is 9.97. The largest absolute Gasteiger partial charge is 0.376 e. The molecule has 0 atom stereocenters. The fraction of sp³-hybridized carbons (Fsp3) is 0.385. The third-order valence-corrected chi connectivity index (χ3v) is 2.83. The molecule has 0 unspecified atom stereocenters. The van der Waals surface area contributed by atoms with Gasteiger partial charge in [0.05, 0.1) is 12.8 Å². The molecule has 1 saturated carbocycles. The average molecular weight is 263 g/mol. The number of nitrogens with one attached hydrogen (secondary N) is 1. The Labute approximate surface area is 112 Å². The van der Waals surface area contributed by atoms with E-state index in [0.29, 0.717) is 6.61 Å². The first-order valence-corrected chi connectivity index (χ1v) is 6.40. The Hall–Kier alpha value is -1.46.